The van der Waals surface area contributed by atoms with Gasteiger partial charge in [0, 0.05) is 18.7 Å². The average Bonchev–Trinajstić information content (AvgIpc) is 2.82. The number of nitrogens with one attached hydrogen (secondary N) is 1. The fraction of sp³-hybridized carbons (Fsp3) is 0.462. The highest BCUT2D eigenvalue weighted by atomic mass is 32.2. The zero-order chi connectivity index (χ0) is 12.8. The van der Waals surface area contributed by atoms with E-state index in [0.29, 0.717) is 18.1 Å². The van der Waals surface area contributed by atoms with E-state index >= 15 is 0 Å². The van der Waals surface area contributed by atoms with Crippen LogP contribution in [-0.2, 0) is 16.4 Å². The lowest BCUT2D eigenvalue weighted by Gasteiger charge is -2.21. The van der Waals surface area contributed by atoms with Gasteiger partial charge in [-0.15, -0.1) is 0 Å². The molecule has 0 saturated carbocycles. The maximum atomic E-state index is 11.4. The smallest absolute Gasteiger partial charge is 0.150 e. The van der Waals surface area contributed by atoms with Crippen molar-refractivity contribution in [2.24, 2.45) is 5.92 Å². The zero-order valence-electron chi connectivity index (χ0n) is 10.1. The fourth-order valence-electron chi connectivity index (χ4n) is 2.83. The van der Waals surface area contributed by atoms with E-state index in [0.717, 1.165) is 18.5 Å². The van der Waals surface area contributed by atoms with E-state index < -0.39 is 9.84 Å². The summed E-state index contributed by atoms with van der Waals surface area (Å²) >= 11 is 0. The van der Waals surface area contributed by atoms with Crippen LogP contribution in [-0.4, -0.2) is 37.2 Å². The maximum Gasteiger partial charge on any atom is 0.150 e. The van der Waals surface area contributed by atoms with Crippen molar-refractivity contribution in [2.75, 3.05) is 18.1 Å². The van der Waals surface area contributed by atoms with Crippen LogP contribution >= 0.6 is 0 Å². The summed E-state index contributed by atoms with van der Waals surface area (Å²) in [6.07, 6.45) is 0.739. The Hall–Kier alpha value is -1.36. The van der Waals surface area contributed by atoms with E-state index in [-0.39, 0.29) is 11.7 Å². The second kappa shape index (κ2) is 4.09. The van der Waals surface area contributed by atoms with Gasteiger partial charge in [0.1, 0.15) is 5.84 Å². The first-order valence-electron chi connectivity index (χ1n) is 6.17. The number of sulfone groups is 1. The third-order valence-corrected chi connectivity index (χ3v) is 5.59. The monoisotopic (exact) mass is 264 g/mol. The molecule has 1 unspecified atom stereocenters. The molecule has 1 N–H and O–H groups in total. The van der Waals surface area contributed by atoms with Gasteiger partial charge in [0.15, 0.2) is 9.84 Å². The number of hydrogen-bond donors (Lipinski definition) is 1. The molecule has 18 heavy (non-hydrogen) atoms. The van der Waals surface area contributed by atoms with Crippen LogP contribution < -0.4 is 0 Å². The molecule has 0 amide bonds. The van der Waals surface area contributed by atoms with E-state index in [2.05, 4.69) is 0 Å². The van der Waals surface area contributed by atoms with Crippen LogP contribution in [0.15, 0.2) is 24.3 Å². The minimum atomic E-state index is -2.82. The summed E-state index contributed by atoms with van der Waals surface area (Å²) in [5.41, 5.74) is 2.15. The summed E-state index contributed by atoms with van der Waals surface area (Å²) in [7, 11) is -2.82. The Labute approximate surface area is 107 Å². The van der Waals surface area contributed by atoms with Gasteiger partial charge in [0.2, 0.25) is 0 Å². The Morgan fingerprint density at radius 1 is 1.33 bits per heavy atom. The normalized spacial score (nSPS) is 25.4. The van der Waals surface area contributed by atoms with E-state index in [4.69, 9.17) is 5.41 Å². The van der Waals surface area contributed by atoms with Gasteiger partial charge in [-0.1, -0.05) is 24.3 Å². The molecule has 0 spiro atoms. The molecule has 1 atom stereocenters. The Morgan fingerprint density at radius 3 is 2.78 bits per heavy atom. The van der Waals surface area contributed by atoms with Crippen molar-refractivity contribution < 1.29 is 8.42 Å². The summed E-state index contributed by atoms with van der Waals surface area (Å²) in [5.74, 6) is 1.32. The molecular formula is C13H16N2O2S. The van der Waals surface area contributed by atoms with Gasteiger partial charge in [0.05, 0.1) is 11.5 Å². The maximum absolute atomic E-state index is 11.4. The Bertz CT molecular complexity index is 595. The molecule has 1 fully saturated rings. The third kappa shape index (κ3) is 2.03. The molecule has 2 aliphatic rings. The van der Waals surface area contributed by atoms with Gasteiger partial charge >= 0.3 is 0 Å². The molecule has 0 radical (unpaired) electrons. The number of hydrogen-bond acceptors (Lipinski definition) is 3. The second-order valence-corrected chi connectivity index (χ2v) is 7.38. The van der Waals surface area contributed by atoms with Crippen molar-refractivity contribution in [1.29, 1.82) is 5.41 Å². The van der Waals surface area contributed by atoms with Crippen molar-refractivity contribution in [3.05, 3.63) is 35.4 Å². The van der Waals surface area contributed by atoms with Crippen molar-refractivity contribution in [3.8, 4) is 0 Å². The quantitative estimate of drug-likeness (QED) is 0.875. The van der Waals surface area contributed by atoms with Crippen LogP contribution in [0.1, 0.15) is 17.5 Å². The minimum Gasteiger partial charge on any atom is -0.352 e. The topological polar surface area (TPSA) is 61.2 Å². The second-order valence-electron chi connectivity index (χ2n) is 5.16. The first kappa shape index (κ1) is 11.7. The van der Waals surface area contributed by atoms with E-state index in [1.165, 1.54) is 5.56 Å². The van der Waals surface area contributed by atoms with Gasteiger partial charge < -0.3 is 4.90 Å². The standard InChI is InChI=1S/C13H16N2O2S/c14-13-12-4-2-1-3-11(12)8-15(13)7-10-5-6-18(16,17)9-10/h1-4,10,14H,5-9H2. The van der Waals surface area contributed by atoms with Gasteiger partial charge in [0.25, 0.3) is 0 Å². The molecule has 2 aliphatic heterocycles. The summed E-state index contributed by atoms with van der Waals surface area (Å²) in [6.45, 7) is 1.43. The lowest BCUT2D eigenvalue weighted by molar-refractivity contribution is 0.359. The highest BCUT2D eigenvalue weighted by Gasteiger charge is 2.32. The largest absolute Gasteiger partial charge is 0.352 e. The lowest BCUT2D eigenvalue weighted by atomic mass is 10.1. The third-order valence-electron chi connectivity index (χ3n) is 3.76. The van der Waals surface area contributed by atoms with Gasteiger partial charge in [-0.05, 0) is 17.9 Å². The van der Waals surface area contributed by atoms with E-state index in [1.807, 2.05) is 29.2 Å². The van der Waals surface area contributed by atoms with Crippen LogP contribution in [0.25, 0.3) is 0 Å². The predicted molar refractivity (Wildman–Crippen MR) is 70.4 cm³/mol. The minimum absolute atomic E-state index is 0.185. The highest BCUT2D eigenvalue weighted by molar-refractivity contribution is 7.91. The molecule has 0 aromatic heterocycles. The summed E-state index contributed by atoms with van der Waals surface area (Å²) < 4.78 is 22.9. The van der Waals surface area contributed by atoms with Crippen molar-refractivity contribution in [2.45, 2.75) is 13.0 Å². The Kier molecular flexibility index (Phi) is 2.66. The first-order valence-corrected chi connectivity index (χ1v) is 7.99. The molecule has 1 saturated heterocycles. The summed E-state index contributed by atoms with van der Waals surface area (Å²) in [4.78, 5) is 2.00. The Balaban J connectivity index is 1.72. The molecule has 3 rings (SSSR count). The van der Waals surface area contributed by atoms with Gasteiger partial charge in [-0.25, -0.2) is 8.42 Å². The number of fused-ring (bicyclic) bond motifs is 1. The lowest BCUT2D eigenvalue weighted by Crippen LogP contribution is -2.30. The van der Waals surface area contributed by atoms with Crippen LogP contribution in [0.3, 0.4) is 0 Å². The van der Waals surface area contributed by atoms with Gasteiger partial charge in [-0.2, -0.15) is 0 Å². The van der Waals surface area contributed by atoms with Crippen LogP contribution in [0, 0.1) is 11.3 Å². The predicted octanol–water partition coefficient (Wildman–Crippen LogP) is 1.26. The molecule has 0 bridgehead atoms. The van der Waals surface area contributed by atoms with E-state index in [1.54, 1.807) is 0 Å². The van der Waals surface area contributed by atoms with Crippen LogP contribution in [0.4, 0.5) is 0 Å². The van der Waals surface area contributed by atoms with Gasteiger partial charge in [-0.3, -0.25) is 5.41 Å². The molecule has 1 aromatic rings. The number of rotatable bonds is 2. The number of nitrogens with zero attached hydrogens (tertiary/aromatic N) is 1. The molecule has 5 heteroatoms. The van der Waals surface area contributed by atoms with Crippen molar-refractivity contribution in [1.82, 2.24) is 4.90 Å². The van der Waals surface area contributed by atoms with Crippen molar-refractivity contribution in [3.63, 3.8) is 0 Å². The number of benzene rings is 1. The first-order chi connectivity index (χ1) is 8.55. The SMILES string of the molecule is N=C1c2ccccc2CN1CC1CCS(=O)(=O)C1. The molecule has 96 valence electrons. The number of amidine groups is 1. The Morgan fingerprint density at radius 2 is 2.11 bits per heavy atom. The summed E-state index contributed by atoms with van der Waals surface area (Å²) in [5, 5.41) is 8.13. The molecule has 1 aromatic carbocycles. The zero-order valence-corrected chi connectivity index (χ0v) is 10.9. The molecular weight excluding hydrogens is 248 g/mol. The van der Waals surface area contributed by atoms with E-state index in [9.17, 15) is 8.42 Å². The van der Waals surface area contributed by atoms with Crippen LogP contribution in [0.2, 0.25) is 0 Å². The average molecular weight is 264 g/mol. The summed E-state index contributed by atoms with van der Waals surface area (Å²) in [6, 6.07) is 7.92. The fourth-order valence-corrected chi connectivity index (χ4v) is 4.68. The molecule has 2 heterocycles. The van der Waals surface area contributed by atoms with Crippen molar-refractivity contribution >= 4 is 15.7 Å². The molecule has 4 nitrogen and oxygen atoms in total. The highest BCUT2D eigenvalue weighted by Crippen LogP contribution is 2.26. The molecule has 0 aliphatic carbocycles. The van der Waals surface area contributed by atoms with Crippen LogP contribution in [0.5, 0.6) is 0 Å².